The van der Waals surface area contributed by atoms with Crippen LogP contribution in [0.3, 0.4) is 0 Å². The second-order valence-corrected chi connectivity index (χ2v) is 8.39. The van der Waals surface area contributed by atoms with Crippen LogP contribution in [0.25, 0.3) is 0 Å². The fraction of sp³-hybridized carbons (Fsp3) is 0.650. The first-order chi connectivity index (χ1) is 12.7. The normalized spacial score (nSPS) is 19.2. The quantitative estimate of drug-likeness (QED) is 0.340. The smallest absolute Gasteiger partial charge is 0.191 e. The van der Waals surface area contributed by atoms with Crippen molar-refractivity contribution in [1.29, 1.82) is 0 Å². The zero-order valence-electron chi connectivity index (χ0n) is 17.6. The van der Waals surface area contributed by atoms with E-state index in [2.05, 4.69) is 55.3 Å². The number of likely N-dealkylation sites (N-methyl/N-ethyl adjacent to an activating group) is 2. The molecule has 160 valence electrons. The van der Waals surface area contributed by atoms with Gasteiger partial charge < -0.3 is 15.5 Å². The van der Waals surface area contributed by atoms with Crippen molar-refractivity contribution >= 4 is 41.5 Å². The molecule has 1 atom stereocenters. The third-order valence-electron chi connectivity index (χ3n) is 5.12. The largest absolute Gasteiger partial charge is 0.357 e. The van der Waals surface area contributed by atoms with E-state index < -0.39 is 0 Å². The van der Waals surface area contributed by atoms with E-state index in [1.54, 1.807) is 6.07 Å². The zero-order chi connectivity index (χ0) is 20.0. The molecule has 1 aromatic carbocycles. The van der Waals surface area contributed by atoms with Gasteiger partial charge >= 0.3 is 0 Å². The number of benzene rings is 1. The van der Waals surface area contributed by atoms with Gasteiger partial charge in [-0.1, -0.05) is 31.5 Å². The van der Waals surface area contributed by atoms with E-state index in [4.69, 9.17) is 16.6 Å². The number of nitrogens with one attached hydrogen (secondary N) is 2. The van der Waals surface area contributed by atoms with Gasteiger partial charge in [0.2, 0.25) is 0 Å². The summed E-state index contributed by atoms with van der Waals surface area (Å²) in [5.41, 5.74) is 0.605. The lowest BCUT2D eigenvalue weighted by atomic mass is 9.84. The highest BCUT2D eigenvalue weighted by molar-refractivity contribution is 14.0. The molecule has 0 aliphatic carbocycles. The van der Waals surface area contributed by atoms with Crippen molar-refractivity contribution in [3.05, 3.63) is 34.6 Å². The van der Waals surface area contributed by atoms with Crippen LogP contribution in [0.1, 0.15) is 26.3 Å². The van der Waals surface area contributed by atoms with Crippen LogP contribution in [0.4, 0.5) is 4.39 Å². The molecule has 0 radical (unpaired) electrons. The number of piperazine rings is 1. The maximum Gasteiger partial charge on any atom is 0.191 e. The molecule has 1 unspecified atom stereocenters. The van der Waals surface area contributed by atoms with Gasteiger partial charge in [-0.2, -0.15) is 0 Å². The highest BCUT2D eigenvalue weighted by Gasteiger charge is 2.25. The van der Waals surface area contributed by atoms with Gasteiger partial charge in [0.1, 0.15) is 5.82 Å². The van der Waals surface area contributed by atoms with Crippen LogP contribution in [0, 0.1) is 5.82 Å². The number of halogens is 3. The van der Waals surface area contributed by atoms with Crippen molar-refractivity contribution in [3.63, 3.8) is 0 Å². The first-order valence-corrected chi connectivity index (χ1v) is 9.97. The molecule has 2 rings (SSSR count). The minimum atomic E-state index is -0.320. The summed E-state index contributed by atoms with van der Waals surface area (Å²) >= 11 is 6.25. The molecule has 0 bridgehead atoms. The van der Waals surface area contributed by atoms with E-state index in [0.717, 1.165) is 44.2 Å². The third-order valence-corrected chi connectivity index (χ3v) is 5.43. The Bertz CT molecular complexity index is 655. The van der Waals surface area contributed by atoms with Crippen LogP contribution in [-0.2, 0) is 5.41 Å². The number of aliphatic imine (C=N–C) groups is 1. The minimum Gasteiger partial charge on any atom is -0.357 e. The highest BCUT2D eigenvalue weighted by atomic mass is 127. The van der Waals surface area contributed by atoms with Crippen LogP contribution in [0.15, 0.2) is 23.2 Å². The van der Waals surface area contributed by atoms with E-state index in [1.807, 2.05) is 0 Å². The first kappa shape index (κ1) is 25.4. The Morgan fingerprint density at radius 1 is 1.29 bits per heavy atom. The van der Waals surface area contributed by atoms with Crippen molar-refractivity contribution in [2.24, 2.45) is 4.99 Å². The number of nitrogens with zero attached hydrogens (tertiary/aromatic N) is 3. The molecule has 1 aromatic rings. The molecule has 0 aromatic heterocycles. The van der Waals surface area contributed by atoms with Gasteiger partial charge in [-0.3, -0.25) is 9.89 Å². The fourth-order valence-electron chi connectivity index (χ4n) is 3.28. The second-order valence-electron chi connectivity index (χ2n) is 7.98. The molecule has 1 aliphatic rings. The Labute approximate surface area is 191 Å². The summed E-state index contributed by atoms with van der Waals surface area (Å²) in [5, 5.41) is 7.22. The lowest BCUT2D eigenvalue weighted by Gasteiger charge is -2.38. The van der Waals surface area contributed by atoms with E-state index in [-0.39, 0.29) is 35.2 Å². The first-order valence-electron chi connectivity index (χ1n) is 9.59. The standard InChI is InChI=1S/C20H33ClFN5.HI/c1-6-23-19(24-12-16-13-26(4)9-10-27(16)5)25-14-20(2,3)17-8-7-15(22)11-18(17)21;/h7-8,11,16H,6,9-10,12-14H2,1-5H3,(H2,23,24,25);1H. The third kappa shape index (κ3) is 7.31. The van der Waals surface area contributed by atoms with Gasteiger partial charge in [0.25, 0.3) is 0 Å². The van der Waals surface area contributed by atoms with E-state index in [0.29, 0.717) is 17.6 Å². The predicted octanol–water partition coefficient (Wildman–Crippen LogP) is 3.18. The van der Waals surface area contributed by atoms with Crippen LogP contribution in [0.2, 0.25) is 5.02 Å². The topological polar surface area (TPSA) is 42.9 Å². The van der Waals surface area contributed by atoms with Crippen molar-refractivity contribution in [2.45, 2.75) is 32.2 Å². The summed E-state index contributed by atoms with van der Waals surface area (Å²) < 4.78 is 13.3. The average molecular weight is 526 g/mol. The monoisotopic (exact) mass is 525 g/mol. The SMILES string of the molecule is CCNC(=NCC(C)(C)c1ccc(F)cc1Cl)NCC1CN(C)CCN1C.I. The number of guanidine groups is 1. The molecule has 1 aliphatic heterocycles. The molecule has 5 nitrogen and oxygen atoms in total. The molecule has 28 heavy (non-hydrogen) atoms. The maximum absolute atomic E-state index is 13.3. The Morgan fingerprint density at radius 2 is 2.00 bits per heavy atom. The minimum absolute atomic E-state index is 0. The van der Waals surface area contributed by atoms with Crippen LogP contribution in [0.5, 0.6) is 0 Å². The van der Waals surface area contributed by atoms with Crippen molar-refractivity contribution in [1.82, 2.24) is 20.4 Å². The van der Waals surface area contributed by atoms with Gasteiger partial charge in [0.05, 0.1) is 6.54 Å². The summed E-state index contributed by atoms with van der Waals surface area (Å²) in [6.07, 6.45) is 0. The van der Waals surface area contributed by atoms with E-state index in [1.165, 1.54) is 12.1 Å². The Morgan fingerprint density at radius 3 is 2.64 bits per heavy atom. The summed E-state index contributed by atoms with van der Waals surface area (Å²) in [4.78, 5) is 9.51. The predicted molar refractivity (Wildman–Crippen MR) is 128 cm³/mol. The van der Waals surface area contributed by atoms with Gasteiger partial charge in [0.15, 0.2) is 5.96 Å². The Balaban J connectivity index is 0.00000392. The average Bonchev–Trinajstić information content (AvgIpc) is 2.59. The van der Waals surface area contributed by atoms with Crippen LogP contribution in [-0.4, -0.2) is 75.2 Å². The summed E-state index contributed by atoms with van der Waals surface area (Å²) in [5.74, 6) is 0.477. The second kappa shape index (κ2) is 11.5. The van der Waals surface area contributed by atoms with E-state index >= 15 is 0 Å². The van der Waals surface area contributed by atoms with Gasteiger partial charge in [0, 0.05) is 49.2 Å². The van der Waals surface area contributed by atoms with E-state index in [9.17, 15) is 4.39 Å². The molecule has 8 heteroatoms. The zero-order valence-corrected chi connectivity index (χ0v) is 20.6. The molecule has 1 fully saturated rings. The van der Waals surface area contributed by atoms with Gasteiger partial charge in [-0.05, 0) is 38.7 Å². The molecule has 0 saturated carbocycles. The Kier molecular flexibility index (Phi) is 10.4. The van der Waals surface area contributed by atoms with Gasteiger partial charge in [-0.25, -0.2) is 4.39 Å². The molecule has 1 heterocycles. The number of rotatable bonds is 6. The molecule has 0 amide bonds. The molecular formula is C20H34ClFIN5. The van der Waals surface area contributed by atoms with Crippen molar-refractivity contribution in [3.8, 4) is 0 Å². The maximum atomic E-state index is 13.3. The lowest BCUT2D eigenvalue weighted by Crippen LogP contribution is -2.55. The number of hydrogen-bond donors (Lipinski definition) is 2. The molecular weight excluding hydrogens is 492 g/mol. The Hall–Kier alpha value is -0.640. The van der Waals surface area contributed by atoms with Gasteiger partial charge in [-0.15, -0.1) is 24.0 Å². The lowest BCUT2D eigenvalue weighted by molar-refractivity contribution is 0.116. The molecule has 1 saturated heterocycles. The highest BCUT2D eigenvalue weighted by Crippen LogP contribution is 2.30. The summed E-state index contributed by atoms with van der Waals surface area (Å²) in [6, 6.07) is 5.01. The van der Waals surface area contributed by atoms with Crippen molar-refractivity contribution < 1.29 is 4.39 Å². The fourth-order valence-corrected chi connectivity index (χ4v) is 3.70. The molecule has 0 spiro atoms. The van der Waals surface area contributed by atoms with Crippen molar-refractivity contribution in [2.75, 3.05) is 53.4 Å². The summed E-state index contributed by atoms with van der Waals surface area (Å²) in [6.45, 7) is 11.6. The molecule has 2 N–H and O–H groups in total. The number of hydrogen-bond acceptors (Lipinski definition) is 3. The van der Waals surface area contributed by atoms with Crippen LogP contribution < -0.4 is 10.6 Å². The van der Waals surface area contributed by atoms with Crippen LogP contribution >= 0.6 is 35.6 Å². The summed E-state index contributed by atoms with van der Waals surface area (Å²) in [7, 11) is 4.33.